The van der Waals surface area contributed by atoms with E-state index >= 15 is 0 Å². The number of ether oxygens (including phenoxy) is 1. The van der Waals surface area contributed by atoms with Gasteiger partial charge in [0, 0.05) is 6.07 Å². The fraction of sp³-hybridized carbons (Fsp3) is 0.500. The Bertz CT molecular complexity index is 542. The first-order valence-corrected chi connectivity index (χ1v) is 5.91. The highest BCUT2D eigenvalue weighted by Gasteiger charge is 2.34. The lowest BCUT2D eigenvalue weighted by molar-refractivity contribution is 0.399. The van der Waals surface area contributed by atoms with Crippen molar-refractivity contribution >= 4 is 11.2 Å². The van der Waals surface area contributed by atoms with Gasteiger partial charge in [0.2, 0.25) is 5.88 Å². The van der Waals surface area contributed by atoms with Crippen molar-refractivity contribution in [2.24, 2.45) is 5.73 Å². The minimum atomic E-state index is -0.298. The topological polar surface area (TPSA) is 76.8 Å². The number of fused-ring (bicyclic) bond motifs is 1. The number of imidazole rings is 1. The van der Waals surface area contributed by atoms with Crippen LogP contribution in [0.1, 0.15) is 31.5 Å². The molecule has 5 heteroatoms. The summed E-state index contributed by atoms with van der Waals surface area (Å²) in [6.45, 7) is 0. The number of hydrogen-bond donors (Lipinski definition) is 2. The second-order valence-corrected chi connectivity index (χ2v) is 4.67. The van der Waals surface area contributed by atoms with Gasteiger partial charge in [-0.1, -0.05) is 12.8 Å². The van der Waals surface area contributed by atoms with Gasteiger partial charge in [-0.3, -0.25) is 0 Å². The minimum Gasteiger partial charge on any atom is -0.481 e. The third-order valence-corrected chi connectivity index (χ3v) is 3.50. The van der Waals surface area contributed by atoms with Crippen molar-refractivity contribution in [1.29, 1.82) is 0 Å². The lowest BCUT2D eigenvalue weighted by Gasteiger charge is -2.19. The van der Waals surface area contributed by atoms with Crippen molar-refractivity contribution in [3.63, 3.8) is 0 Å². The Morgan fingerprint density at radius 3 is 2.76 bits per heavy atom. The smallest absolute Gasteiger partial charge is 0.215 e. The third kappa shape index (κ3) is 1.67. The van der Waals surface area contributed by atoms with Crippen molar-refractivity contribution < 1.29 is 4.74 Å². The van der Waals surface area contributed by atoms with Crippen LogP contribution >= 0.6 is 0 Å². The van der Waals surface area contributed by atoms with Crippen LogP contribution in [0, 0.1) is 0 Å². The predicted molar refractivity (Wildman–Crippen MR) is 64.8 cm³/mol. The SMILES string of the molecule is COc1ccc2[nH]c(C3(N)CCCC3)nc2n1. The molecule has 1 saturated carbocycles. The molecule has 0 radical (unpaired) electrons. The van der Waals surface area contributed by atoms with E-state index in [4.69, 9.17) is 10.5 Å². The molecule has 17 heavy (non-hydrogen) atoms. The van der Waals surface area contributed by atoms with E-state index in [0.29, 0.717) is 11.5 Å². The van der Waals surface area contributed by atoms with Gasteiger partial charge in [-0.05, 0) is 18.9 Å². The Labute approximate surface area is 99.4 Å². The van der Waals surface area contributed by atoms with E-state index in [2.05, 4.69) is 15.0 Å². The molecule has 5 nitrogen and oxygen atoms in total. The average molecular weight is 232 g/mol. The Balaban J connectivity index is 2.07. The maximum Gasteiger partial charge on any atom is 0.215 e. The van der Waals surface area contributed by atoms with E-state index in [9.17, 15) is 0 Å². The number of H-pyrrole nitrogens is 1. The second kappa shape index (κ2) is 3.70. The number of aromatic amines is 1. The third-order valence-electron chi connectivity index (χ3n) is 3.50. The van der Waals surface area contributed by atoms with Crippen LogP contribution in [-0.2, 0) is 5.54 Å². The number of nitrogens with one attached hydrogen (secondary N) is 1. The molecule has 1 aliphatic carbocycles. The second-order valence-electron chi connectivity index (χ2n) is 4.67. The number of nitrogens with two attached hydrogens (primary N) is 1. The van der Waals surface area contributed by atoms with Crippen LogP contribution in [0.15, 0.2) is 12.1 Å². The molecule has 0 spiro atoms. The van der Waals surface area contributed by atoms with Gasteiger partial charge in [0.15, 0.2) is 5.65 Å². The van der Waals surface area contributed by atoms with E-state index in [0.717, 1.165) is 24.2 Å². The Kier molecular flexibility index (Phi) is 2.29. The van der Waals surface area contributed by atoms with E-state index in [-0.39, 0.29) is 5.54 Å². The van der Waals surface area contributed by atoms with E-state index in [1.54, 1.807) is 7.11 Å². The van der Waals surface area contributed by atoms with Crippen LogP contribution in [0.3, 0.4) is 0 Å². The molecule has 90 valence electrons. The lowest BCUT2D eigenvalue weighted by atomic mass is 9.99. The van der Waals surface area contributed by atoms with Crippen LogP contribution in [0.25, 0.3) is 11.2 Å². The largest absolute Gasteiger partial charge is 0.481 e. The normalized spacial score (nSPS) is 18.7. The molecule has 2 aromatic heterocycles. The van der Waals surface area contributed by atoms with Gasteiger partial charge in [-0.25, -0.2) is 4.98 Å². The van der Waals surface area contributed by atoms with Crippen molar-refractivity contribution in [2.75, 3.05) is 7.11 Å². The van der Waals surface area contributed by atoms with Gasteiger partial charge in [0.1, 0.15) is 5.82 Å². The number of nitrogens with zero attached hydrogens (tertiary/aromatic N) is 2. The molecule has 0 unspecified atom stereocenters. The summed E-state index contributed by atoms with van der Waals surface area (Å²) in [5.41, 5.74) is 7.66. The first-order valence-electron chi connectivity index (χ1n) is 5.91. The van der Waals surface area contributed by atoms with Crippen molar-refractivity contribution in [3.05, 3.63) is 18.0 Å². The van der Waals surface area contributed by atoms with E-state index in [1.165, 1.54) is 12.8 Å². The summed E-state index contributed by atoms with van der Waals surface area (Å²) in [6.07, 6.45) is 4.32. The summed E-state index contributed by atoms with van der Waals surface area (Å²) in [7, 11) is 1.60. The lowest BCUT2D eigenvalue weighted by Crippen LogP contribution is -2.34. The van der Waals surface area contributed by atoms with Crippen molar-refractivity contribution in [1.82, 2.24) is 15.0 Å². The van der Waals surface area contributed by atoms with Crippen LogP contribution in [0.5, 0.6) is 5.88 Å². The molecule has 0 aliphatic heterocycles. The molecule has 0 bridgehead atoms. The van der Waals surface area contributed by atoms with E-state index in [1.807, 2.05) is 12.1 Å². The number of aromatic nitrogens is 3. The first-order chi connectivity index (χ1) is 8.21. The van der Waals surface area contributed by atoms with Gasteiger partial charge in [-0.2, -0.15) is 4.98 Å². The van der Waals surface area contributed by atoms with Gasteiger partial charge in [-0.15, -0.1) is 0 Å². The number of hydrogen-bond acceptors (Lipinski definition) is 4. The summed E-state index contributed by atoms with van der Waals surface area (Å²) in [5, 5.41) is 0. The summed E-state index contributed by atoms with van der Waals surface area (Å²) in [6, 6.07) is 3.75. The van der Waals surface area contributed by atoms with Crippen LogP contribution in [-0.4, -0.2) is 22.1 Å². The summed E-state index contributed by atoms with van der Waals surface area (Å²) >= 11 is 0. The van der Waals surface area contributed by atoms with Gasteiger partial charge < -0.3 is 15.5 Å². The maximum absolute atomic E-state index is 6.36. The zero-order valence-corrected chi connectivity index (χ0v) is 9.86. The molecule has 3 N–H and O–H groups in total. The minimum absolute atomic E-state index is 0.298. The van der Waals surface area contributed by atoms with Crippen molar-refractivity contribution in [2.45, 2.75) is 31.2 Å². The Morgan fingerprint density at radius 1 is 1.29 bits per heavy atom. The predicted octanol–water partition coefficient (Wildman–Crippen LogP) is 1.69. The summed E-state index contributed by atoms with van der Waals surface area (Å²) in [4.78, 5) is 12.1. The highest BCUT2D eigenvalue weighted by Crippen LogP contribution is 2.35. The monoisotopic (exact) mass is 232 g/mol. The average Bonchev–Trinajstić information content (AvgIpc) is 2.94. The highest BCUT2D eigenvalue weighted by molar-refractivity contribution is 5.71. The van der Waals surface area contributed by atoms with Crippen LogP contribution in [0.4, 0.5) is 0 Å². The maximum atomic E-state index is 6.36. The molecule has 1 fully saturated rings. The molecule has 0 aromatic carbocycles. The Hall–Kier alpha value is -1.62. The van der Waals surface area contributed by atoms with Gasteiger partial charge in [0.05, 0.1) is 18.2 Å². The highest BCUT2D eigenvalue weighted by atomic mass is 16.5. The molecule has 2 heterocycles. The molecule has 0 amide bonds. The molecule has 3 rings (SSSR count). The quantitative estimate of drug-likeness (QED) is 0.826. The zero-order valence-electron chi connectivity index (χ0n) is 9.86. The molecule has 0 saturated heterocycles. The van der Waals surface area contributed by atoms with Crippen LogP contribution < -0.4 is 10.5 Å². The molecule has 2 aromatic rings. The number of pyridine rings is 1. The van der Waals surface area contributed by atoms with Gasteiger partial charge in [0.25, 0.3) is 0 Å². The van der Waals surface area contributed by atoms with Crippen LogP contribution in [0.2, 0.25) is 0 Å². The zero-order chi connectivity index (χ0) is 11.9. The fourth-order valence-corrected chi connectivity index (χ4v) is 2.47. The van der Waals surface area contributed by atoms with Gasteiger partial charge >= 0.3 is 0 Å². The van der Waals surface area contributed by atoms with E-state index < -0.39 is 0 Å². The Morgan fingerprint density at radius 2 is 2.06 bits per heavy atom. The molecular weight excluding hydrogens is 216 g/mol. The first kappa shape index (κ1) is 10.5. The molecular formula is C12H16N4O. The number of rotatable bonds is 2. The number of methoxy groups -OCH3 is 1. The molecule has 0 atom stereocenters. The van der Waals surface area contributed by atoms with Crippen molar-refractivity contribution in [3.8, 4) is 5.88 Å². The fourth-order valence-electron chi connectivity index (χ4n) is 2.47. The standard InChI is InChI=1S/C12H16N4O/c1-17-9-5-4-8-10(15-9)16-11(14-8)12(13)6-2-3-7-12/h4-5H,2-3,6-7,13H2,1H3,(H,14,15,16). The summed E-state index contributed by atoms with van der Waals surface area (Å²) < 4.78 is 5.09. The summed E-state index contributed by atoms with van der Waals surface area (Å²) in [5.74, 6) is 1.43. The molecule has 1 aliphatic rings.